The first kappa shape index (κ1) is 33.7. The van der Waals surface area contributed by atoms with Gasteiger partial charge in [0, 0.05) is 44.2 Å². The van der Waals surface area contributed by atoms with Crippen LogP contribution in [0.3, 0.4) is 0 Å². The third kappa shape index (κ3) is 10.2. The lowest BCUT2D eigenvalue weighted by Gasteiger charge is -2.36. The molecule has 1 aliphatic carbocycles. The van der Waals surface area contributed by atoms with Gasteiger partial charge < -0.3 is 29.3 Å². The fraction of sp³-hybridized carbons (Fsp3) is 0.576. The van der Waals surface area contributed by atoms with E-state index in [0.29, 0.717) is 24.8 Å². The predicted octanol–water partition coefficient (Wildman–Crippen LogP) is 4.38. The number of hydrogen-bond donors (Lipinski definition) is 1. The van der Waals surface area contributed by atoms with Crippen molar-refractivity contribution < 1.29 is 33.4 Å². The lowest BCUT2D eigenvalue weighted by atomic mass is 9.98. The summed E-state index contributed by atoms with van der Waals surface area (Å²) in [6.45, 7) is 8.43. The number of esters is 1. The summed E-state index contributed by atoms with van der Waals surface area (Å²) >= 11 is 0. The van der Waals surface area contributed by atoms with Crippen LogP contribution in [0.4, 0.5) is 4.79 Å². The number of carbonyl (C=O) groups excluding carboxylic acids is 4. The van der Waals surface area contributed by atoms with Gasteiger partial charge in [-0.3, -0.25) is 14.4 Å². The lowest BCUT2D eigenvalue weighted by molar-refractivity contribution is -0.155. The Labute approximate surface area is 264 Å². The second kappa shape index (κ2) is 15.7. The second-order valence-corrected chi connectivity index (χ2v) is 12.3. The van der Waals surface area contributed by atoms with Gasteiger partial charge in [-0.05, 0) is 59.8 Å². The maximum absolute atomic E-state index is 13.8. The van der Waals surface area contributed by atoms with Crippen LogP contribution in [0, 0.1) is 0 Å². The molecule has 1 saturated heterocycles. The topological polar surface area (TPSA) is 140 Å². The highest BCUT2D eigenvalue weighted by molar-refractivity contribution is 5.96. The molecule has 2 fully saturated rings. The fourth-order valence-corrected chi connectivity index (χ4v) is 5.36. The van der Waals surface area contributed by atoms with E-state index in [0.717, 1.165) is 31.2 Å². The van der Waals surface area contributed by atoms with Gasteiger partial charge in [0.1, 0.15) is 23.4 Å². The Morgan fingerprint density at radius 1 is 0.956 bits per heavy atom. The van der Waals surface area contributed by atoms with Crippen molar-refractivity contribution in [2.75, 3.05) is 32.8 Å². The number of rotatable bonds is 10. The maximum atomic E-state index is 13.8. The van der Waals surface area contributed by atoms with Crippen LogP contribution in [0.2, 0.25) is 0 Å². The summed E-state index contributed by atoms with van der Waals surface area (Å²) in [7, 11) is 0. The average molecular weight is 624 g/mol. The Hall–Kier alpha value is -4.22. The quantitative estimate of drug-likeness (QED) is 0.382. The molecule has 12 nitrogen and oxygen atoms in total. The van der Waals surface area contributed by atoms with Crippen molar-refractivity contribution in [2.45, 2.75) is 90.4 Å². The molecule has 1 atom stereocenters. The number of carbonyl (C=O) groups is 4. The van der Waals surface area contributed by atoms with Crippen molar-refractivity contribution >= 4 is 23.9 Å². The zero-order valence-electron chi connectivity index (χ0n) is 26.8. The first-order valence-electron chi connectivity index (χ1n) is 15.9. The van der Waals surface area contributed by atoms with Gasteiger partial charge in [0.15, 0.2) is 5.82 Å². The summed E-state index contributed by atoms with van der Waals surface area (Å²) < 4.78 is 16.7. The number of hydrogen-bond acceptors (Lipinski definition) is 9. The molecule has 1 unspecified atom stereocenters. The molecule has 12 heteroatoms. The van der Waals surface area contributed by atoms with Crippen LogP contribution in [-0.2, 0) is 19.1 Å². The Kier molecular flexibility index (Phi) is 11.7. The fourth-order valence-electron chi connectivity index (χ4n) is 5.36. The van der Waals surface area contributed by atoms with Gasteiger partial charge in [-0.1, -0.05) is 36.8 Å². The summed E-state index contributed by atoms with van der Waals surface area (Å²) in [5.74, 6) is -0.783. The summed E-state index contributed by atoms with van der Waals surface area (Å²) in [6.07, 6.45) is 4.67. The predicted molar refractivity (Wildman–Crippen MR) is 166 cm³/mol. The van der Waals surface area contributed by atoms with Crippen LogP contribution in [-0.4, -0.2) is 94.2 Å². The molecule has 2 aliphatic rings. The standard InChI is InChI=1S/C33H45N5O7/c1-5-43-32(42)38-20-18-37(19-21-38)31(41)25(16-17-28(39)45-33(2,3)4)35-30(40)26-22-27(44-24-14-10-7-11-15-24)36-29(34-26)23-12-8-6-9-13-23/h6,8-9,12-13,22,24-25H,5,7,10-11,14-21H2,1-4H3,(H,35,40). The first-order chi connectivity index (χ1) is 21.5. The number of benzene rings is 1. The normalized spacial score (nSPS) is 16.4. The van der Waals surface area contributed by atoms with E-state index in [-0.39, 0.29) is 50.2 Å². The summed E-state index contributed by atoms with van der Waals surface area (Å²) in [4.78, 5) is 64.5. The average Bonchev–Trinajstić information content (AvgIpc) is 3.02. The number of nitrogens with zero attached hydrogens (tertiary/aromatic N) is 4. The molecule has 3 amide bonds. The van der Waals surface area contributed by atoms with Crippen molar-refractivity contribution in [2.24, 2.45) is 0 Å². The monoisotopic (exact) mass is 623 g/mol. The van der Waals surface area contributed by atoms with Crippen molar-refractivity contribution in [3.63, 3.8) is 0 Å². The molecule has 1 aliphatic heterocycles. The van der Waals surface area contributed by atoms with Gasteiger partial charge >= 0.3 is 12.1 Å². The molecule has 2 aromatic rings. The van der Waals surface area contributed by atoms with Crippen molar-refractivity contribution in [3.05, 3.63) is 42.1 Å². The largest absolute Gasteiger partial charge is 0.474 e. The van der Waals surface area contributed by atoms with Crippen LogP contribution in [0.25, 0.3) is 11.4 Å². The third-order valence-corrected chi connectivity index (χ3v) is 7.58. The van der Waals surface area contributed by atoms with Crippen LogP contribution in [0.5, 0.6) is 5.88 Å². The van der Waals surface area contributed by atoms with Crippen molar-refractivity contribution in [1.82, 2.24) is 25.1 Å². The number of piperazine rings is 1. The van der Waals surface area contributed by atoms with E-state index < -0.39 is 29.6 Å². The molecule has 0 spiro atoms. The number of amides is 3. The number of ether oxygens (including phenoxy) is 3. The minimum Gasteiger partial charge on any atom is -0.474 e. The SMILES string of the molecule is CCOC(=O)N1CCN(C(=O)C(CCC(=O)OC(C)(C)C)NC(=O)c2cc(OC3CCCCC3)nc(-c3ccccc3)n2)CC1. The van der Waals surface area contributed by atoms with Gasteiger partial charge in [0.25, 0.3) is 5.91 Å². The van der Waals surface area contributed by atoms with Crippen LogP contribution in [0.1, 0.15) is 83.1 Å². The molecular formula is C33H45N5O7. The Balaban J connectivity index is 1.54. The highest BCUT2D eigenvalue weighted by Crippen LogP contribution is 2.25. The van der Waals surface area contributed by atoms with Crippen molar-refractivity contribution in [1.29, 1.82) is 0 Å². The van der Waals surface area contributed by atoms with E-state index in [2.05, 4.69) is 15.3 Å². The highest BCUT2D eigenvalue weighted by atomic mass is 16.6. The molecule has 1 N–H and O–H groups in total. The maximum Gasteiger partial charge on any atom is 0.409 e. The van der Waals surface area contributed by atoms with Gasteiger partial charge in [-0.2, -0.15) is 4.98 Å². The number of aromatic nitrogens is 2. The van der Waals surface area contributed by atoms with Crippen LogP contribution >= 0.6 is 0 Å². The van der Waals surface area contributed by atoms with E-state index in [4.69, 9.17) is 14.2 Å². The molecule has 0 radical (unpaired) electrons. The zero-order valence-corrected chi connectivity index (χ0v) is 26.8. The molecule has 2 heterocycles. The van der Waals surface area contributed by atoms with E-state index in [9.17, 15) is 19.2 Å². The molecule has 4 rings (SSSR count). The van der Waals surface area contributed by atoms with E-state index in [1.54, 1.807) is 37.5 Å². The molecule has 1 aromatic carbocycles. The molecule has 1 aromatic heterocycles. The Morgan fingerprint density at radius 3 is 2.27 bits per heavy atom. The zero-order chi connectivity index (χ0) is 32.4. The molecule has 1 saturated carbocycles. The van der Waals surface area contributed by atoms with Crippen LogP contribution < -0.4 is 10.1 Å². The van der Waals surface area contributed by atoms with Gasteiger partial charge in [0.2, 0.25) is 11.8 Å². The van der Waals surface area contributed by atoms with Gasteiger partial charge in [0.05, 0.1) is 6.61 Å². The van der Waals surface area contributed by atoms with Gasteiger partial charge in [-0.25, -0.2) is 9.78 Å². The highest BCUT2D eigenvalue weighted by Gasteiger charge is 2.32. The van der Waals surface area contributed by atoms with E-state index in [1.807, 2.05) is 30.3 Å². The number of nitrogens with one attached hydrogen (secondary N) is 1. The first-order valence-corrected chi connectivity index (χ1v) is 15.9. The molecule has 244 valence electrons. The molecular weight excluding hydrogens is 578 g/mol. The summed E-state index contributed by atoms with van der Waals surface area (Å²) in [5, 5.41) is 2.82. The van der Waals surface area contributed by atoms with Crippen LogP contribution in [0.15, 0.2) is 36.4 Å². The van der Waals surface area contributed by atoms with Crippen molar-refractivity contribution in [3.8, 4) is 17.3 Å². The summed E-state index contributed by atoms with van der Waals surface area (Å²) in [5.41, 5.74) is 0.0850. The third-order valence-electron chi connectivity index (χ3n) is 7.58. The second-order valence-electron chi connectivity index (χ2n) is 12.3. The van der Waals surface area contributed by atoms with E-state index in [1.165, 1.54) is 12.5 Å². The Morgan fingerprint density at radius 2 is 1.62 bits per heavy atom. The smallest absolute Gasteiger partial charge is 0.409 e. The molecule has 0 bridgehead atoms. The molecule has 45 heavy (non-hydrogen) atoms. The van der Waals surface area contributed by atoms with E-state index >= 15 is 0 Å². The lowest BCUT2D eigenvalue weighted by Crippen LogP contribution is -2.56. The minimum absolute atomic E-state index is 0.00427. The van der Waals surface area contributed by atoms with Gasteiger partial charge in [-0.15, -0.1) is 0 Å². The summed E-state index contributed by atoms with van der Waals surface area (Å²) in [6, 6.07) is 9.78. The minimum atomic E-state index is -1.03. The Bertz CT molecular complexity index is 1320.